The maximum absolute atomic E-state index is 4.53. The lowest BCUT2D eigenvalue weighted by atomic mass is 10.1. The van der Waals surface area contributed by atoms with E-state index in [0.717, 1.165) is 6.54 Å². The Hall–Kier alpha value is -1.41. The van der Waals surface area contributed by atoms with Crippen molar-refractivity contribution >= 4 is 10.8 Å². The van der Waals surface area contributed by atoms with Gasteiger partial charge < -0.3 is 0 Å². The number of pyridine rings is 1. The minimum absolute atomic E-state index is 1.00. The molecule has 0 atom stereocenters. The third-order valence-corrected chi connectivity index (χ3v) is 3.33. The second-order valence-corrected chi connectivity index (χ2v) is 4.46. The maximum Gasteiger partial charge on any atom is 0.0622 e. The highest BCUT2D eigenvalue weighted by Gasteiger charge is 2.13. The Balaban J connectivity index is 1.96. The summed E-state index contributed by atoms with van der Waals surface area (Å²) >= 11 is 0. The van der Waals surface area contributed by atoms with Gasteiger partial charge in [-0.05, 0) is 37.4 Å². The van der Waals surface area contributed by atoms with Gasteiger partial charge in [0, 0.05) is 18.1 Å². The molecule has 0 unspecified atom stereocenters. The van der Waals surface area contributed by atoms with Crippen LogP contribution < -0.4 is 0 Å². The van der Waals surface area contributed by atoms with Crippen molar-refractivity contribution in [2.24, 2.45) is 0 Å². The molecule has 0 aliphatic carbocycles. The van der Waals surface area contributed by atoms with Crippen LogP contribution >= 0.6 is 0 Å². The Morgan fingerprint density at radius 3 is 2.75 bits per heavy atom. The first-order chi connectivity index (χ1) is 7.93. The summed E-state index contributed by atoms with van der Waals surface area (Å²) in [4.78, 5) is 7.02. The molecule has 0 radical (unpaired) electrons. The summed E-state index contributed by atoms with van der Waals surface area (Å²) in [6.45, 7) is 3.46. The largest absolute Gasteiger partial charge is 0.297 e. The summed E-state index contributed by atoms with van der Waals surface area (Å²) in [5, 5.41) is 2.60. The average molecular weight is 212 g/mol. The molecule has 2 heterocycles. The van der Waals surface area contributed by atoms with Crippen LogP contribution in [0.1, 0.15) is 18.5 Å². The number of rotatable bonds is 2. The van der Waals surface area contributed by atoms with Crippen LogP contribution in [0.15, 0.2) is 36.5 Å². The van der Waals surface area contributed by atoms with Crippen molar-refractivity contribution in [1.82, 2.24) is 9.88 Å². The first-order valence-corrected chi connectivity index (χ1v) is 5.98. The minimum Gasteiger partial charge on any atom is -0.297 e. The van der Waals surface area contributed by atoms with E-state index in [2.05, 4.69) is 40.2 Å². The summed E-state index contributed by atoms with van der Waals surface area (Å²) in [7, 11) is 0. The van der Waals surface area contributed by atoms with Crippen LogP contribution in [0.4, 0.5) is 0 Å². The number of nitrogens with zero attached hydrogens (tertiary/aromatic N) is 2. The van der Waals surface area contributed by atoms with E-state index in [9.17, 15) is 0 Å². The van der Waals surface area contributed by atoms with Gasteiger partial charge in [-0.3, -0.25) is 9.88 Å². The van der Waals surface area contributed by atoms with Gasteiger partial charge in [0.2, 0.25) is 0 Å². The molecular weight excluding hydrogens is 196 g/mol. The van der Waals surface area contributed by atoms with Gasteiger partial charge in [0.1, 0.15) is 0 Å². The summed E-state index contributed by atoms with van der Waals surface area (Å²) < 4.78 is 0. The SMILES string of the molecule is c1ccc2c(CN3CCCC3)nccc2c1. The Bertz CT molecular complexity index is 482. The van der Waals surface area contributed by atoms with Gasteiger partial charge in [0.25, 0.3) is 0 Å². The van der Waals surface area contributed by atoms with Gasteiger partial charge in [0.05, 0.1) is 5.69 Å². The molecule has 2 aromatic rings. The van der Waals surface area contributed by atoms with Gasteiger partial charge >= 0.3 is 0 Å². The third kappa shape index (κ3) is 1.81. The highest BCUT2D eigenvalue weighted by atomic mass is 15.1. The molecule has 82 valence electrons. The highest BCUT2D eigenvalue weighted by molar-refractivity contribution is 5.84. The molecule has 1 aromatic carbocycles. The summed E-state index contributed by atoms with van der Waals surface area (Å²) in [5.74, 6) is 0. The van der Waals surface area contributed by atoms with Crippen molar-refractivity contribution in [3.8, 4) is 0 Å². The number of hydrogen-bond donors (Lipinski definition) is 0. The molecule has 1 aromatic heterocycles. The lowest BCUT2D eigenvalue weighted by Crippen LogP contribution is -2.19. The molecule has 0 spiro atoms. The Morgan fingerprint density at radius 2 is 1.88 bits per heavy atom. The molecule has 0 bridgehead atoms. The molecule has 0 amide bonds. The number of likely N-dealkylation sites (tertiary alicyclic amines) is 1. The first-order valence-electron chi connectivity index (χ1n) is 5.98. The van der Waals surface area contributed by atoms with Crippen LogP contribution in [0.25, 0.3) is 10.8 Å². The first kappa shape index (κ1) is 9.79. The van der Waals surface area contributed by atoms with Crippen molar-refractivity contribution in [1.29, 1.82) is 0 Å². The standard InChI is InChI=1S/C14H16N2/c1-2-6-13-12(5-1)7-8-15-14(13)11-16-9-3-4-10-16/h1-2,5-8H,3-4,9-11H2. The lowest BCUT2D eigenvalue weighted by molar-refractivity contribution is 0.328. The fourth-order valence-electron chi connectivity index (χ4n) is 2.46. The Kier molecular flexibility index (Phi) is 2.58. The fraction of sp³-hybridized carbons (Fsp3) is 0.357. The van der Waals surface area contributed by atoms with Crippen molar-refractivity contribution in [3.63, 3.8) is 0 Å². The summed E-state index contributed by atoms with van der Waals surface area (Å²) in [5.41, 5.74) is 1.22. The topological polar surface area (TPSA) is 16.1 Å². The van der Waals surface area contributed by atoms with E-state index in [0.29, 0.717) is 0 Å². The van der Waals surface area contributed by atoms with Crippen molar-refractivity contribution in [3.05, 3.63) is 42.2 Å². The zero-order valence-electron chi connectivity index (χ0n) is 9.39. The fourth-order valence-corrected chi connectivity index (χ4v) is 2.46. The molecule has 0 saturated carbocycles. The van der Waals surface area contributed by atoms with Gasteiger partial charge in [-0.2, -0.15) is 0 Å². The van der Waals surface area contributed by atoms with Gasteiger partial charge in [-0.25, -0.2) is 0 Å². The second-order valence-electron chi connectivity index (χ2n) is 4.46. The number of benzene rings is 1. The minimum atomic E-state index is 1.00. The predicted molar refractivity (Wildman–Crippen MR) is 66.3 cm³/mol. The van der Waals surface area contributed by atoms with E-state index in [1.165, 1.54) is 42.4 Å². The molecule has 1 aliphatic rings. The zero-order valence-corrected chi connectivity index (χ0v) is 9.39. The number of fused-ring (bicyclic) bond motifs is 1. The van der Waals surface area contributed by atoms with Crippen molar-refractivity contribution < 1.29 is 0 Å². The van der Waals surface area contributed by atoms with Crippen LogP contribution in [-0.2, 0) is 6.54 Å². The van der Waals surface area contributed by atoms with Gasteiger partial charge in [-0.1, -0.05) is 24.3 Å². The summed E-state index contributed by atoms with van der Waals surface area (Å²) in [6, 6.07) is 10.6. The predicted octanol–water partition coefficient (Wildman–Crippen LogP) is 2.83. The van der Waals surface area contributed by atoms with E-state index in [1.807, 2.05) is 6.20 Å². The lowest BCUT2D eigenvalue weighted by Gasteiger charge is -2.15. The van der Waals surface area contributed by atoms with Crippen LogP contribution in [-0.4, -0.2) is 23.0 Å². The monoisotopic (exact) mass is 212 g/mol. The molecular formula is C14H16N2. The van der Waals surface area contributed by atoms with Gasteiger partial charge in [0.15, 0.2) is 0 Å². The highest BCUT2D eigenvalue weighted by Crippen LogP contribution is 2.19. The van der Waals surface area contributed by atoms with Crippen LogP contribution in [0.3, 0.4) is 0 Å². The van der Waals surface area contributed by atoms with E-state index < -0.39 is 0 Å². The Morgan fingerprint density at radius 1 is 1.06 bits per heavy atom. The van der Waals surface area contributed by atoms with Gasteiger partial charge in [-0.15, -0.1) is 0 Å². The molecule has 2 heteroatoms. The van der Waals surface area contributed by atoms with E-state index in [1.54, 1.807) is 0 Å². The zero-order chi connectivity index (χ0) is 10.8. The number of aromatic nitrogens is 1. The normalized spacial score (nSPS) is 17.0. The van der Waals surface area contributed by atoms with E-state index >= 15 is 0 Å². The van der Waals surface area contributed by atoms with Crippen LogP contribution in [0, 0.1) is 0 Å². The third-order valence-electron chi connectivity index (χ3n) is 3.33. The molecule has 1 aliphatic heterocycles. The summed E-state index contributed by atoms with van der Waals surface area (Å²) in [6.07, 6.45) is 4.60. The van der Waals surface area contributed by atoms with Crippen LogP contribution in [0.5, 0.6) is 0 Å². The quantitative estimate of drug-likeness (QED) is 0.761. The molecule has 0 N–H and O–H groups in total. The van der Waals surface area contributed by atoms with E-state index in [4.69, 9.17) is 0 Å². The Labute approximate surface area is 95.9 Å². The van der Waals surface area contributed by atoms with E-state index in [-0.39, 0.29) is 0 Å². The molecule has 1 saturated heterocycles. The maximum atomic E-state index is 4.53. The smallest absolute Gasteiger partial charge is 0.0622 e. The molecule has 16 heavy (non-hydrogen) atoms. The van der Waals surface area contributed by atoms with Crippen LogP contribution in [0.2, 0.25) is 0 Å². The van der Waals surface area contributed by atoms with Crippen molar-refractivity contribution in [2.45, 2.75) is 19.4 Å². The second kappa shape index (κ2) is 4.22. The molecule has 2 nitrogen and oxygen atoms in total. The van der Waals surface area contributed by atoms with Crippen molar-refractivity contribution in [2.75, 3.05) is 13.1 Å². The average Bonchev–Trinajstić information content (AvgIpc) is 2.82. The number of hydrogen-bond acceptors (Lipinski definition) is 2. The molecule has 1 fully saturated rings. The molecule has 3 rings (SSSR count).